The minimum absolute atomic E-state index is 0.157. The zero-order valence-corrected chi connectivity index (χ0v) is 17.5. The Morgan fingerprint density at radius 3 is 2.46 bits per heavy atom. The number of aryl methyl sites for hydroxylation is 2. The van der Waals surface area contributed by atoms with Gasteiger partial charge in [-0.3, -0.25) is 4.79 Å². The molecule has 0 aliphatic carbocycles. The SMILES string of the molecule is COc1ccc2c(c1)[C@H](NC(=O)[C@H](C)Oc1cc(C)cc(C)c1)CC(C)(C)O2. The number of carbonyl (C=O) groups is 1. The first-order chi connectivity index (χ1) is 13.2. The van der Waals surface area contributed by atoms with E-state index in [1.165, 1.54) is 0 Å². The molecule has 0 unspecified atom stereocenters. The molecule has 0 fully saturated rings. The van der Waals surface area contributed by atoms with Gasteiger partial charge in [-0.25, -0.2) is 0 Å². The number of hydrogen-bond acceptors (Lipinski definition) is 4. The summed E-state index contributed by atoms with van der Waals surface area (Å²) >= 11 is 0. The molecular formula is C23H29NO4. The third-order valence-electron chi connectivity index (χ3n) is 4.87. The zero-order chi connectivity index (χ0) is 20.5. The summed E-state index contributed by atoms with van der Waals surface area (Å²) < 4.78 is 17.3. The first-order valence-corrected chi connectivity index (χ1v) is 9.59. The fraction of sp³-hybridized carbons (Fsp3) is 0.435. The Labute approximate surface area is 167 Å². The molecule has 0 bridgehead atoms. The van der Waals surface area contributed by atoms with Crippen LogP contribution < -0.4 is 19.5 Å². The monoisotopic (exact) mass is 383 g/mol. The lowest BCUT2D eigenvalue weighted by Gasteiger charge is -2.38. The lowest BCUT2D eigenvalue weighted by molar-refractivity contribution is -0.128. The van der Waals surface area contributed by atoms with Gasteiger partial charge in [-0.15, -0.1) is 0 Å². The van der Waals surface area contributed by atoms with Gasteiger partial charge in [0.15, 0.2) is 6.10 Å². The predicted molar refractivity (Wildman–Crippen MR) is 109 cm³/mol. The van der Waals surface area contributed by atoms with Gasteiger partial charge in [-0.05, 0) is 76.1 Å². The van der Waals surface area contributed by atoms with Crippen LogP contribution in [0.4, 0.5) is 0 Å². The van der Waals surface area contributed by atoms with Crippen LogP contribution >= 0.6 is 0 Å². The molecule has 1 aliphatic heterocycles. The molecule has 1 amide bonds. The second-order valence-corrected chi connectivity index (χ2v) is 8.11. The number of ether oxygens (including phenoxy) is 3. The summed E-state index contributed by atoms with van der Waals surface area (Å²) in [5.41, 5.74) is 2.76. The first kappa shape index (κ1) is 20.1. The predicted octanol–water partition coefficient (Wildman–Crippen LogP) is 4.50. The van der Waals surface area contributed by atoms with Gasteiger partial charge < -0.3 is 19.5 Å². The summed E-state index contributed by atoms with van der Waals surface area (Å²) in [6.07, 6.45) is 0.0519. The molecule has 1 heterocycles. The third-order valence-corrected chi connectivity index (χ3v) is 4.87. The second kappa shape index (κ2) is 7.74. The minimum atomic E-state index is -0.610. The average molecular weight is 383 g/mol. The van der Waals surface area contributed by atoms with E-state index in [4.69, 9.17) is 14.2 Å². The summed E-state index contributed by atoms with van der Waals surface area (Å²) in [5, 5.41) is 3.13. The molecule has 0 spiro atoms. The molecule has 28 heavy (non-hydrogen) atoms. The first-order valence-electron chi connectivity index (χ1n) is 9.59. The topological polar surface area (TPSA) is 56.8 Å². The van der Waals surface area contributed by atoms with Crippen LogP contribution in [0.1, 0.15) is 49.9 Å². The fourth-order valence-electron chi connectivity index (χ4n) is 3.64. The molecule has 0 saturated carbocycles. The summed E-state index contributed by atoms with van der Waals surface area (Å²) in [6, 6.07) is 11.5. The van der Waals surface area contributed by atoms with Crippen molar-refractivity contribution in [1.29, 1.82) is 0 Å². The van der Waals surface area contributed by atoms with Crippen LogP contribution in [0.15, 0.2) is 36.4 Å². The second-order valence-electron chi connectivity index (χ2n) is 8.11. The molecule has 0 aromatic heterocycles. The maximum absolute atomic E-state index is 12.9. The van der Waals surface area contributed by atoms with Crippen molar-refractivity contribution in [2.45, 2.75) is 58.8 Å². The van der Waals surface area contributed by atoms with Crippen molar-refractivity contribution in [3.8, 4) is 17.2 Å². The van der Waals surface area contributed by atoms with E-state index in [9.17, 15) is 4.79 Å². The molecular weight excluding hydrogens is 354 g/mol. The molecule has 5 nitrogen and oxygen atoms in total. The van der Waals surface area contributed by atoms with Crippen molar-refractivity contribution < 1.29 is 19.0 Å². The molecule has 3 rings (SSSR count). The molecule has 1 aliphatic rings. The Hall–Kier alpha value is -2.69. The van der Waals surface area contributed by atoms with Crippen molar-refractivity contribution >= 4 is 5.91 Å². The van der Waals surface area contributed by atoms with Gasteiger partial charge in [-0.1, -0.05) is 6.07 Å². The molecule has 1 N–H and O–H groups in total. The highest BCUT2D eigenvalue weighted by Crippen LogP contribution is 2.41. The van der Waals surface area contributed by atoms with Gasteiger partial charge in [0.25, 0.3) is 5.91 Å². The van der Waals surface area contributed by atoms with Crippen molar-refractivity contribution in [1.82, 2.24) is 5.32 Å². The number of carbonyl (C=O) groups excluding carboxylic acids is 1. The summed E-state index contributed by atoms with van der Waals surface area (Å²) in [4.78, 5) is 12.9. The normalized spacial score (nSPS) is 18.4. The number of fused-ring (bicyclic) bond motifs is 1. The van der Waals surface area contributed by atoms with Crippen LogP contribution in [0.3, 0.4) is 0 Å². The smallest absolute Gasteiger partial charge is 0.261 e. The van der Waals surface area contributed by atoms with Crippen LogP contribution in [-0.2, 0) is 4.79 Å². The van der Waals surface area contributed by atoms with Crippen molar-refractivity contribution in [2.24, 2.45) is 0 Å². The number of nitrogens with one attached hydrogen (secondary N) is 1. The average Bonchev–Trinajstić information content (AvgIpc) is 2.59. The Morgan fingerprint density at radius 1 is 1.14 bits per heavy atom. The van der Waals surface area contributed by atoms with Crippen LogP contribution in [0.2, 0.25) is 0 Å². The lowest BCUT2D eigenvalue weighted by Crippen LogP contribution is -2.44. The van der Waals surface area contributed by atoms with Gasteiger partial charge >= 0.3 is 0 Å². The quantitative estimate of drug-likeness (QED) is 0.826. The van der Waals surface area contributed by atoms with E-state index in [2.05, 4.69) is 11.4 Å². The summed E-state index contributed by atoms with van der Waals surface area (Å²) in [5.74, 6) is 2.05. The van der Waals surface area contributed by atoms with E-state index in [-0.39, 0.29) is 17.6 Å². The van der Waals surface area contributed by atoms with E-state index in [0.717, 1.165) is 28.2 Å². The third kappa shape index (κ3) is 4.58. The van der Waals surface area contributed by atoms with E-state index in [1.807, 2.05) is 58.0 Å². The summed E-state index contributed by atoms with van der Waals surface area (Å²) in [7, 11) is 1.63. The number of methoxy groups -OCH3 is 1. The van der Waals surface area contributed by atoms with Crippen LogP contribution in [0.5, 0.6) is 17.2 Å². The van der Waals surface area contributed by atoms with Crippen molar-refractivity contribution in [3.63, 3.8) is 0 Å². The Balaban J connectivity index is 1.77. The minimum Gasteiger partial charge on any atom is -0.497 e. The number of amides is 1. The van der Waals surface area contributed by atoms with Gasteiger partial charge in [-0.2, -0.15) is 0 Å². The fourth-order valence-corrected chi connectivity index (χ4v) is 3.64. The maximum Gasteiger partial charge on any atom is 0.261 e. The van der Waals surface area contributed by atoms with Gasteiger partial charge in [0.2, 0.25) is 0 Å². The molecule has 2 atom stereocenters. The maximum atomic E-state index is 12.9. The lowest BCUT2D eigenvalue weighted by atomic mass is 9.89. The van der Waals surface area contributed by atoms with Gasteiger partial charge in [0.1, 0.15) is 22.8 Å². The van der Waals surface area contributed by atoms with Crippen LogP contribution in [-0.4, -0.2) is 24.7 Å². The molecule has 0 saturated heterocycles. The number of benzene rings is 2. The Morgan fingerprint density at radius 2 is 1.82 bits per heavy atom. The highest BCUT2D eigenvalue weighted by Gasteiger charge is 2.35. The molecule has 2 aromatic carbocycles. The van der Waals surface area contributed by atoms with E-state index >= 15 is 0 Å². The van der Waals surface area contributed by atoms with Crippen molar-refractivity contribution in [3.05, 3.63) is 53.1 Å². The number of hydrogen-bond donors (Lipinski definition) is 1. The van der Waals surface area contributed by atoms with E-state index < -0.39 is 6.10 Å². The zero-order valence-electron chi connectivity index (χ0n) is 17.5. The largest absolute Gasteiger partial charge is 0.497 e. The van der Waals surface area contributed by atoms with E-state index in [1.54, 1.807) is 14.0 Å². The standard InChI is InChI=1S/C23H29NO4/c1-14-9-15(2)11-18(10-14)27-16(3)22(25)24-20-13-23(4,5)28-21-8-7-17(26-6)12-19(20)21/h7-12,16,20H,13H2,1-6H3,(H,24,25)/t16-,20+/m0/s1. The molecule has 5 heteroatoms. The summed E-state index contributed by atoms with van der Waals surface area (Å²) in [6.45, 7) is 9.84. The Bertz CT molecular complexity index is 855. The van der Waals surface area contributed by atoms with Gasteiger partial charge in [0, 0.05) is 12.0 Å². The highest BCUT2D eigenvalue weighted by molar-refractivity contribution is 5.81. The molecule has 150 valence electrons. The Kier molecular flexibility index (Phi) is 5.54. The van der Waals surface area contributed by atoms with Crippen molar-refractivity contribution in [2.75, 3.05) is 7.11 Å². The highest BCUT2D eigenvalue weighted by atomic mass is 16.5. The molecule has 2 aromatic rings. The van der Waals surface area contributed by atoms with Crippen LogP contribution in [0, 0.1) is 13.8 Å². The molecule has 0 radical (unpaired) electrons. The van der Waals surface area contributed by atoms with Gasteiger partial charge in [0.05, 0.1) is 13.2 Å². The number of rotatable bonds is 5. The van der Waals surface area contributed by atoms with Crippen LogP contribution in [0.25, 0.3) is 0 Å². The van der Waals surface area contributed by atoms with E-state index in [0.29, 0.717) is 12.2 Å².